The number of nitrogens with one attached hydrogen (secondary N) is 1. The van der Waals surface area contributed by atoms with E-state index in [9.17, 15) is 4.79 Å². The Morgan fingerprint density at radius 3 is 2.65 bits per heavy atom. The van der Waals surface area contributed by atoms with Crippen molar-refractivity contribution in [3.63, 3.8) is 0 Å². The predicted molar refractivity (Wildman–Crippen MR) is 99.3 cm³/mol. The van der Waals surface area contributed by atoms with Gasteiger partial charge >= 0.3 is 0 Å². The van der Waals surface area contributed by atoms with E-state index in [2.05, 4.69) is 15.6 Å². The molecule has 2 aromatic carbocycles. The number of amides is 1. The number of anilines is 1. The molecule has 0 atom stereocenters. The van der Waals surface area contributed by atoms with Gasteiger partial charge in [-0.3, -0.25) is 4.79 Å². The Kier molecular flexibility index (Phi) is 5.17. The van der Waals surface area contributed by atoms with E-state index < -0.39 is 0 Å². The molecule has 7 heteroatoms. The Labute approximate surface area is 151 Å². The number of hydrogen-bond acceptors (Lipinski definition) is 5. The van der Waals surface area contributed by atoms with Crippen LogP contribution in [0.15, 0.2) is 48.5 Å². The number of hydrogen-bond donors (Lipinski definition) is 2. The summed E-state index contributed by atoms with van der Waals surface area (Å²) < 4.78 is 6.99. The summed E-state index contributed by atoms with van der Waals surface area (Å²) in [5.74, 6) is 0.417. The molecule has 1 amide bonds. The van der Waals surface area contributed by atoms with E-state index in [4.69, 9.17) is 10.5 Å². The summed E-state index contributed by atoms with van der Waals surface area (Å²) >= 11 is 0. The minimum absolute atomic E-state index is 0.0865. The van der Waals surface area contributed by atoms with Crippen molar-refractivity contribution in [2.24, 2.45) is 0 Å². The molecule has 0 saturated carbocycles. The molecule has 3 aromatic rings. The number of rotatable bonds is 6. The summed E-state index contributed by atoms with van der Waals surface area (Å²) in [6, 6.07) is 15.3. The Morgan fingerprint density at radius 1 is 1.19 bits per heavy atom. The Balaban J connectivity index is 1.78. The maximum absolute atomic E-state index is 12.4. The summed E-state index contributed by atoms with van der Waals surface area (Å²) in [4.78, 5) is 12.4. The van der Waals surface area contributed by atoms with E-state index in [0.717, 1.165) is 5.56 Å². The minimum atomic E-state index is -0.372. The number of nitrogens with two attached hydrogens (primary N) is 1. The fraction of sp³-hybridized carbons (Fsp3) is 0.211. The molecule has 0 spiro atoms. The van der Waals surface area contributed by atoms with Gasteiger partial charge < -0.3 is 15.8 Å². The molecule has 0 aliphatic rings. The molecule has 0 aliphatic carbocycles. The SMILES string of the molecule is CCOc1ccccc1-n1nnc(C(=O)NCc2ccc(C)cc2)c1N. The second-order valence-corrected chi connectivity index (χ2v) is 5.80. The second kappa shape index (κ2) is 7.69. The lowest BCUT2D eigenvalue weighted by Crippen LogP contribution is -2.24. The lowest BCUT2D eigenvalue weighted by atomic mass is 10.1. The van der Waals surface area contributed by atoms with Crippen LogP contribution in [0.2, 0.25) is 0 Å². The highest BCUT2D eigenvalue weighted by Gasteiger charge is 2.19. The zero-order valence-electron chi connectivity index (χ0n) is 14.8. The van der Waals surface area contributed by atoms with E-state index in [-0.39, 0.29) is 17.4 Å². The highest BCUT2D eigenvalue weighted by molar-refractivity contribution is 5.96. The smallest absolute Gasteiger partial charge is 0.275 e. The Morgan fingerprint density at radius 2 is 1.92 bits per heavy atom. The van der Waals surface area contributed by atoms with Crippen molar-refractivity contribution in [3.05, 3.63) is 65.4 Å². The average molecular weight is 351 g/mol. The van der Waals surface area contributed by atoms with Crippen LogP contribution in [0.25, 0.3) is 5.69 Å². The van der Waals surface area contributed by atoms with Crippen LogP contribution in [0.3, 0.4) is 0 Å². The predicted octanol–water partition coefficient (Wildman–Crippen LogP) is 2.49. The van der Waals surface area contributed by atoms with Crippen molar-refractivity contribution in [1.29, 1.82) is 0 Å². The van der Waals surface area contributed by atoms with Crippen LogP contribution >= 0.6 is 0 Å². The van der Waals surface area contributed by atoms with Crippen LogP contribution in [-0.4, -0.2) is 27.5 Å². The Hall–Kier alpha value is -3.35. The lowest BCUT2D eigenvalue weighted by Gasteiger charge is -2.10. The maximum Gasteiger partial charge on any atom is 0.275 e. The summed E-state index contributed by atoms with van der Waals surface area (Å²) in [6.07, 6.45) is 0. The summed E-state index contributed by atoms with van der Waals surface area (Å²) in [7, 11) is 0. The number of carbonyl (C=O) groups is 1. The molecule has 3 rings (SSSR count). The van der Waals surface area contributed by atoms with Gasteiger partial charge in [0, 0.05) is 6.54 Å². The molecule has 0 unspecified atom stereocenters. The zero-order valence-corrected chi connectivity index (χ0v) is 14.8. The third-order valence-corrected chi connectivity index (χ3v) is 3.89. The molecule has 1 heterocycles. The summed E-state index contributed by atoms with van der Waals surface area (Å²) in [5.41, 5.74) is 9.00. The highest BCUT2D eigenvalue weighted by Crippen LogP contribution is 2.25. The third kappa shape index (κ3) is 3.66. The first kappa shape index (κ1) is 17.5. The quantitative estimate of drug-likeness (QED) is 0.711. The molecule has 7 nitrogen and oxygen atoms in total. The van der Waals surface area contributed by atoms with Gasteiger partial charge in [-0.2, -0.15) is 4.68 Å². The molecule has 26 heavy (non-hydrogen) atoms. The fourth-order valence-electron chi connectivity index (χ4n) is 2.51. The average Bonchev–Trinajstić information content (AvgIpc) is 3.03. The summed E-state index contributed by atoms with van der Waals surface area (Å²) in [6.45, 7) is 4.81. The van der Waals surface area contributed by atoms with Crippen LogP contribution in [0.5, 0.6) is 5.75 Å². The van der Waals surface area contributed by atoms with E-state index in [1.807, 2.05) is 62.4 Å². The molecule has 1 aromatic heterocycles. The van der Waals surface area contributed by atoms with Gasteiger partial charge in [0.25, 0.3) is 5.91 Å². The number of aryl methyl sites for hydroxylation is 1. The van der Waals surface area contributed by atoms with Crippen LogP contribution < -0.4 is 15.8 Å². The number of ether oxygens (including phenoxy) is 1. The van der Waals surface area contributed by atoms with Gasteiger partial charge in [-0.15, -0.1) is 5.10 Å². The van der Waals surface area contributed by atoms with Gasteiger partial charge in [-0.1, -0.05) is 47.2 Å². The molecule has 0 fully saturated rings. The molecule has 0 bridgehead atoms. The number of nitrogens with zero attached hydrogens (tertiary/aromatic N) is 3. The van der Waals surface area contributed by atoms with Crippen LogP contribution in [-0.2, 0) is 6.54 Å². The van der Waals surface area contributed by atoms with Crippen molar-refractivity contribution in [2.45, 2.75) is 20.4 Å². The molecule has 0 saturated heterocycles. The van der Waals surface area contributed by atoms with Crippen molar-refractivity contribution in [1.82, 2.24) is 20.3 Å². The highest BCUT2D eigenvalue weighted by atomic mass is 16.5. The van der Waals surface area contributed by atoms with Crippen molar-refractivity contribution < 1.29 is 9.53 Å². The summed E-state index contributed by atoms with van der Waals surface area (Å²) in [5, 5.41) is 10.8. The molecular weight excluding hydrogens is 330 g/mol. The van der Waals surface area contributed by atoms with Crippen molar-refractivity contribution >= 4 is 11.7 Å². The van der Waals surface area contributed by atoms with Crippen molar-refractivity contribution in [3.8, 4) is 11.4 Å². The normalized spacial score (nSPS) is 10.5. The van der Waals surface area contributed by atoms with Gasteiger partial charge in [0.05, 0.1) is 6.61 Å². The minimum Gasteiger partial charge on any atom is -0.492 e. The lowest BCUT2D eigenvalue weighted by molar-refractivity contribution is 0.0946. The van der Waals surface area contributed by atoms with Gasteiger partial charge in [0.15, 0.2) is 11.5 Å². The first-order chi connectivity index (χ1) is 12.6. The fourth-order valence-corrected chi connectivity index (χ4v) is 2.51. The van der Waals surface area contributed by atoms with Gasteiger partial charge in [0.1, 0.15) is 11.4 Å². The molecular formula is C19H21N5O2. The van der Waals surface area contributed by atoms with Crippen LogP contribution in [0.4, 0.5) is 5.82 Å². The standard InChI is InChI=1S/C19H21N5O2/c1-3-26-16-7-5-4-6-15(16)24-18(20)17(22-23-24)19(25)21-12-14-10-8-13(2)9-11-14/h4-11H,3,12,20H2,1-2H3,(H,21,25). The number of nitrogen functional groups attached to an aromatic ring is 1. The third-order valence-electron chi connectivity index (χ3n) is 3.89. The van der Waals surface area contributed by atoms with Crippen LogP contribution in [0, 0.1) is 6.92 Å². The Bertz CT molecular complexity index is 903. The van der Waals surface area contributed by atoms with E-state index in [1.165, 1.54) is 10.2 Å². The first-order valence-electron chi connectivity index (χ1n) is 8.37. The topological polar surface area (TPSA) is 95.1 Å². The second-order valence-electron chi connectivity index (χ2n) is 5.80. The van der Waals surface area contributed by atoms with E-state index in [1.54, 1.807) is 0 Å². The van der Waals surface area contributed by atoms with Gasteiger partial charge in [-0.05, 0) is 31.5 Å². The number of para-hydroxylation sites is 2. The zero-order chi connectivity index (χ0) is 18.5. The first-order valence-corrected chi connectivity index (χ1v) is 8.37. The number of aromatic nitrogens is 3. The largest absolute Gasteiger partial charge is 0.492 e. The number of carbonyl (C=O) groups excluding carboxylic acids is 1. The van der Waals surface area contributed by atoms with Gasteiger partial charge in [-0.25, -0.2) is 0 Å². The monoisotopic (exact) mass is 351 g/mol. The number of benzene rings is 2. The molecule has 0 aliphatic heterocycles. The van der Waals surface area contributed by atoms with E-state index >= 15 is 0 Å². The molecule has 134 valence electrons. The van der Waals surface area contributed by atoms with Gasteiger partial charge in [0.2, 0.25) is 0 Å². The van der Waals surface area contributed by atoms with Crippen molar-refractivity contribution in [2.75, 3.05) is 12.3 Å². The van der Waals surface area contributed by atoms with Crippen LogP contribution in [0.1, 0.15) is 28.5 Å². The molecule has 3 N–H and O–H groups in total. The maximum atomic E-state index is 12.4. The molecule has 0 radical (unpaired) electrons. The van der Waals surface area contributed by atoms with E-state index in [0.29, 0.717) is 24.6 Å².